The Bertz CT molecular complexity index is 412. The molecule has 0 saturated heterocycles. The second-order valence-corrected chi connectivity index (χ2v) is 5.72. The molecule has 0 heterocycles. The van der Waals surface area contributed by atoms with Gasteiger partial charge in [-0.05, 0) is 36.6 Å². The Kier molecular flexibility index (Phi) is 2.88. The third-order valence-corrected chi connectivity index (χ3v) is 2.40. The summed E-state index contributed by atoms with van der Waals surface area (Å²) in [6, 6.07) is 5.36. The molecule has 1 atom stereocenters. The van der Waals surface area contributed by atoms with Crippen molar-refractivity contribution in [2.45, 2.75) is 6.92 Å². The maximum Gasteiger partial charge on any atom is 0.0486 e. The predicted octanol–water partition coefficient (Wildman–Crippen LogP) is 2.32. The van der Waals surface area contributed by atoms with Gasteiger partial charge in [0.2, 0.25) is 0 Å². The van der Waals surface area contributed by atoms with E-state index in [0.29, 0.717) is 5.02 Å². The lowest BCUT2D eigenvalue weighted by Gasteiger charge is -2.10. The smallest absolute Gasteiger partial charge is 0.0486 e. The molecule has 1 N–H and O–H groups in total. The van der Waals surface area contributed by atoms with E-state index in [1.165, 1.54) is 0 Å². The molecule has 0 spiro atoms. The quantitative estimate of drug-likeness (QED) is 0.757. The second-order valence-electron chi connectivity index (χ2n) is 3.07. The van der Waals surface area contributed by atoms with E-state index in [4.69, 9.17) is 11.6 Å². The fraction of sp³-hybridized carbons (Fsp3) is 0.222. The summed E-state index contributed by atoms with van der Waals surface area (Å²) in [5.74, 6) is 3.51. The van der Waals surface area contributed by atoms with E-state index in [1.54, 1.807) is 18.4 Å². The summed E-state index contributed by atoms with van der Waals surface area (Å²) in [6.07, 6.45) is 1.56. The van der Waals surface area contributed by atoms with Crippen molar-refractivity contribution in [2.75, 3.05) is 11.0 Å². The zero-order valence-electron chi connectivity index (χ0n) is 7.63. The maximum atomic E-state index is 11.3. The molecule has 4 heteroatoms. The zero-order valence-corrected chi connectivity index (χ0v) is 9.21. The summed E-state index contributed by atoms with van der Waals surface area (Å²) >= 11 is 5.77. The van der Waals surface area contributed by atoms with Gasteiger partial charge >= 0.3 is 0 Å². The Morgan fingerprint density at radius 2 is 2.15 bits per heavy atom. The van der Waals surface area contributed by atoms with Gasteiger partial charge in [0.1, 0.15) is 0 Å². The molecule has 1 aromatic carbocycles. The SMILES string of the molecule is C=S(C)(=O)Nc1ccc(Cl)cc1C. The molecule has 0 aliphatic rings. The summed E-state index contributed by atoms with van der Waals surface area (Å²) in [5, 5.41) is 0.676. The highest BCUT2D eigenvalue weighted by Crippen LogP contribution is 2.20. The van der Waals surface area contributed by atoms with Crippen molar-refractivity contribution in [3.63, 3.8) is 0 Å². The molecule has 0 saturated carbocycles. The van der Waals surface area contributed by atoms with E-state index in [9.17, 15) is 4.21 Å². The van der Waals surface area contributed by atoms with Gasteiger partial charge in [0, 0.05) is 26.7 Å². The normalized spacial score (nSPS) is 15.0. The number of nitrogens with one attached hydrogen (secondary N) is 1. The first-order chi connectivity index (χ1) is 5.88. The van der Waals surface area contributed by atoms with Crippen molar-refractivity contribution in [3.05, 3.63) is 28.8 Å². The molecule has 1 unspecified atom stereocenters. The molecule has 0 amide bonds. The molecule has 0 aliphatic carbocycles. The number of aryl methyl sites for hydroxylation is 1. The fourth-order valence-electron chi connectivity index (χ4n) is 0.974. The molecule has 0 aromatic heterocycles. The molecule has 1 rings (SSSR count). The highest BCUT2D eigenvalue weighted by Gasteiger charge is 2.00. The van der Waals surface area contributed by atoms with Crippen molar-refractivity contribution < 1.29 is 4.21 Å². The van der Waals surface area contributed by atoms with Gasteiger partial charge in [0.05, 0.1) is 0 Å². The van der Waals surface area contributed by atoms with Crippen molar-refractivity contribution in [3.8, 4) is 0 Å². The standard InChI is InChI=1S/C9H12ClNOS/c1-7-6-8(10)4-5-9(7)11-13(2,3)12/h4-6H,2H2,1,3H3,(H,11,12). The molecule has 13 heavy (non-hydrogen) atoms. The van der Waals surface area contributed by atoms with Gasteiger partial charge in [0.25, 0.3) is 0 Å². The van der Waals surface area contributed by atoms with Crippen molar-refractivity contribution >= 4 is 32.9 Å². The maximum absolute atomic E-state index is 11.3. The first kappa shape index (κ1) is 10.4. The first-order valence-electron chi connectivity index (χ1n) is 3.74. The topological polar surface area (TPSA) is 29.1 Å². The van der Waals surface area contributed by atoms with E-state index in [1.807, 2.05) is 13.0 Å². The van der Waals surface area contributed by atoms with Crippen LogP contribution in [0.2, 0.25) is 5.02 Å². The number of hydrogen-bond donors (Lipinski definition) is 1. The van der Waals surface area contributed by atoms with Gasteiger partial charge in [-0.25, -0.2) is 4.21 Å². The number of rotatable bonds is 2. The van der Waals surface area contributed by atoms with Gasteiger partial charge in [0.15, 0.2) is 0 Å². The van der Waals surface area contributed by atoms with Crippen LogP contribution >= 0.6 is 11.6 Å². The van der Waals surface area contributed by atoms with Crippen LogP contribution in [-0.4, -0.2) is 16.3 Å². The van der Waals surface area contributed by atoms with Crippen LogP contribution in [0.3, 0.4) is 0 Å². The van der Waals surface area contributed by atoms with Crippen molar-refractivity contribution in [1.29, 1.82) is 0 Å². The Morgan fingerprint density at radius 3 is 2.62 bits per heavy atom. The fourth-order valence-corrected chi connectivity index (χ4v) is 1.90. The summed E-state index contributed by atoms with van der Waals surface area (Å²) in [4.78, 5) is 0. The second kappa shape index (κ2) is 3.60. The van der Waals surface area contributed by atoms with Gasteiger partial charge in [-0.1, -0.05) is 11.6 Å². The Labute approximate surface area is 84.1 Å². The Balaban J connectivity index is 3.04. The van der Waals surface area contributed by atoms with Crippen molar-refractivity contribution in [1.82, 2.24) is 0 Å². The minimum atomic E-state index is -2.21. The summed E-state index contributed by atoms with van der Waals surface area (Å²) < 4.78 is 14.2. The lowest BCUT2D eigenvalue weighted by Crippen LogP contribution is -2.10. The molecule has 0 bridgehead atoms. The van der Waals surface area contributed by atoms with Crippen LogP contribution in [0.5, 0.6) is 0 Å². The Hall–Kier alpha value is -0.670. The van der Waals surface area contributed by atoms with Gasteiger partial charge < -0.3 is 4.72 Å². The average molecular weight is 218 g/mol. The van der Waals surface area contributed by atoms with E-state index >= 15 is 0 Å². The monoisotopic (exact) mass is 217 g/mol. The highest BCUT2D eigenvalue weighted by molar-refractivity contribution is 8.00. The number of benzene rings is 1. The van der Waals surface area contributed by atoms with Gasteiger partial charge in [-0.2, -0.15) is 0 Å². The number of hydrogen-bond acceptors (Lipinski definition) is 1. The molecule has 0 aliphatic heterocycles. The van der Waals surface area contributed by atoms with Gasteiger partial charge in [-0.3, -0.25) is 0 Å². The number of halogens is 1. The molecule has 1 aromatic rings. The van der Waals surface area contributed by atoms with E-state index in [-0.39, 0.29) is 0 Å². The highest BCUT2D eigenvalue weighted by atomic mass is 35.5. The molecule has 0 radical (unpaired) electrons. The number of anilines is 1. The summed E-state index contributed by atoms with van der Waals surface area (Å²) in [7, 11) is -2.21. The molecular formula is C9H12ClNOS. The molecular weight excluding hydrogens is 206 g/mol. The zero-order chi connectivity index (χ0) is 10.1. The molecule has 2 nitrogen and oxygen atoms in total. The Morgan fingerprint density at radius 1 is 1.54 bits per heavy atom. The van der Waals surface area contributed by atoms with E-state index in [0.717, 1.165) is 11.3 Å². The van der Waals surface area contributed by atoms with Crippen LogP contribution in [0.25, 0.3) is 0 Å². The predicted molar refractivity (Wildman–Crippen MR) is 61.0 cm³/mol. The summed E-state index contributed by atoms with van der Waals surface area (Å²) in [5.41, 5.74) is 1.78. The van der Waals surface area contributed by atoms with Crippen molar-refractivity contribution in [2.24, 2.45) is 0 Å². The van der Waals surface area contributed by atoms with Crippen LogP contribution in [0.4, 0.5) is 5.69 Å². The van der Waals surface area contributed by atoms with Crippen LogP contribution in [0.15, 0.2) is 18.2 Å². The van der Waals surface area contributed by atoms with E-state index in [2.05, 4.69) is 10.6 Å². The third-order valence-electron chi connectivity index (χ3n) is 1.51. The molecule has 72 valence electrons. The van der Waals surface area contributed by atoms with E-state index < -0.39 is 9.71 Å². The van der Waals surface area contributed by atoms with Crippen LogP contribution in [0.1, 0.15) is 5.56 Å². The third kappa shape index (κ3) is 3.28. The van der Waals surface area contributed by atoms with Gasteiger partial charge in [-0.15, -0.1) is 0 Å². The lowest BCUT2D eigenvalue weighted by molar-refractivity contribution is 0.688. The minimum absolute atomic E-state index is 0.676. The van der Waals surface area contributed by atoms with Crippen LogP contribution < -0.4 is 4.72 Å². The largest absolute Gasteiger partial charge is 0.313 e. The lowest BCUT2D eigenvalue weighted by atomic mass is 10.2. The van der Waals surface area contributed by atoms with Crippen LogP contribution in [0, 0.1) is 6.92 Å². The average Bonchev–Trinajstić information content (AvgIpc) is 1.93. The van der Waals surface area contributed by atoms with Crippen LogP contribution in [-0.2, 0) is 9.71 Å². The summed E-state index contributed by atoms with van der Waals surface area (Å²) in [6.45, 7) is 1.90. The molecule has 0 fully saturated rings. The minimum Gasteiger partial charge on any atom is -0.313 e. The first-order valence-corrected chi connectivity index (χ1v) is 6.26.